The maximum Gasteiger partial charge on any atom is 0.262 e. The summed E-state index contributed by atoms with van der Waals surface area (Å²) < 4.78 is 7.57. The van der Waals surface area contributed by atoms with Crippen LogP contribution in [0.1, 0.15) is 55.6 Å². The summed E-state index contributed by atoms with van der Waals surface area (Å²) >= 11 is 0. The van der Waals surface area contributed by atoms with E-state index < -0.39 is 0 Å². The van der Waals surface area contributed by atoms with Crippen molar-refractivity contribution in [3.8, 4) is 5.75 Å². The molecule has 25 heavy (non-hydrogen) atoms. The van der Waals surface area contributed by atoms with Crippen LogP contribution in [0.4, 0.5) is 5.69 Å². The predicted octanol–water partition coefficient (Wildman–Crippen LogP) is 2.96. The average Bonchev–Trinajstić information content (AvgIpc) is 3.04. The Morgan fingerprint density at radius 3 is 3.16 bits per heavy atom. The van der Waals surface area contributed by atoms with E-state index >= 15 is 0 Å². The van der Waals surface area contributed by atoms with Crippen LogP contribution >= 0.6 is 0 Å². The highest BCUT2D eigenvalue weighted by atomic mass is 16.5. The fourth-order valence-electron chi connectivity index (χ4n) is 3.71. The molecule has 6 heteroatoms. The Morgan fingerprint density at radius 2 is 2.32 bits per heavy atom. The molecule has 132 valence electrons. The maximum absolute atomic E-state index is 11.5. The van der Waals surface area contributed by atoms with Crippen LogP contribution < -0.4 is 15.4 Å². The second-order valence-electron chi connectivity index (χ2n) is 7.09. The summed E-state index contributed by atoms with van der Waals surface area (Å²) in [5.41, 5.74) is 4.58. The number of carbonyl (C=O) groups is 1. The molecule has 0 saturated carbocycles. The summed E-state index contributed by atoms with van der Waals surface area (Å²) in [6.45, 7) is 5.18. The smallest absolute Gasteiger partial charge is 0.262 e. The molecular weight excluding hydrogens is 316 g/mol. The molecular formula is C19H24N4O2. The van der Waals surface area contributed by atoms with Gasteiger partial charge in [0.05, 0.1) is 17.6 Å². The van der Waals surface area contributed by atoms with Gasteiger partial charge in [-0.25, -0.2) is 0 Å². The zero-order valence-electron chi connectivity index (χ0n) is 14.7. The summed E-state index contributed by atoms with van der Waals surface area (Å²) in [6, 6.07) is 6.64. The van der Waals surface area contributed by atoms with Gasteiger partial charge in [-0.05, 0) is 56.4 Å². The topological polar surface area (TPSA) is 68.2 Å². The standard InChI is InChI=1S/C19H24N4O2/c1-12(2)23-19-14(10-21-23)4-3-5-15(19)20-9-13-6-7-17-16(8-13)22-18(24)11-25-17/h6-8,10,12,15,20H,3-5,9,11H2,1-2H3,(H,22,24). The van der Waals surface area contributed by atoms with E-state index in [-0.39, 0.29) is 12.5 Å². The molecule has 1 aromatic heterocycles. The Hall–Kier alpha value is -2.34. The zero-order valence-corrected chi connectivity index (χ0v) is 14.7. The second kappa shape index (κ2) is 6.52. The largest absolute Gasteiger partial charge is 0.482 e. The van der Waals surface area contributed by atoms with E-state index in [1.807, 2.05) is 24.4 Å². The van der Waals surface area contributed by atoms with Crippen LogP contribution in [0.15, 0.2) is 24.4 Å². The van der Waals surface area contributed by atoms with Crippen LogP contribution in [0.5, 0.6) is 5.75 Å². The van der Waals surface area contributed by atoms with Crippen LogP contribution in [0.2, 0.25) is 0 Å². The van der Waals surface area contributed by atoms with Gasteiger partial charge < -0.3 is 15.4 Å². The van der Waals surface area contributed by atoms with E-state index in [1.165, 1.54) is 17.7 Å². The normalized spacial score (nSPS) is 19.2. The predicted molar refractivity (Wildman–Crippen MR) is 95.7 cm³/mol. The number of nitrogens with one attached hydrogen (secondary N) is 2. The van der Waals surface area contributed by atoms with Crippen molar-refractivity contribution in [1.29, 1.82) is 0 Å². The third-order valence-corrected chi connectivity index (χ3v) is 4.90. The van der Waals surface area contributed by atoms with Gasteiger partial charge in [0.2, 0.25) is 0 Å². The van der Waals surface area contributed by atoms with Gasteiger partial charge in [-0.2, -0.15) is 5.10 Å². The van der Waals surface area contributed by atoms with E-state index in [9.17, 15) is 4.79 Å². The molecule has 0 bridgehead atoms. The highest BCUT2D eigenvalue weighted by molar-refractivity contribution is 5.95. The third-order valence-electron chi connectivity index (χ3n) is 4.90. The van der Waals surface area contributed by atoms with E-state index in [1.54, 1.807) is 0 Å². The molecule has 2 heterocycles. The Kier molecular flexibility index (Phi) is 4.21. The first kappa shape index (κ1) is 16.1. The number of fused-ring (bicyclic) bond motifs is 2. The number of benzene rings is 1. The number of hydrogen-bond acceptors (Lipinski definition) is 4. The number of anilines is 1. The third kappa shape index (κ3) is 3.14. The van der Waals surface area contributed by atoms with Crippen molar-refractivity contribution in [1.82, 2.24) is 15.1 Å². The average molecular weight is 340 g/mol. The molecule has 1 aliphatic heterocycles. The number of nitrogens with zero attached hydrogens (tertiary/aromatic N) is 2. The monoisotopic (exact) mass is 340 g/mol. The first-order chi connectivity index (χ1) is 12.1. The fourth-order valence-corrected chi connectivity index (χ4v) is 3.71. The van der Waals surface area contributed by atoms with Gasteiger partial charge in [-0.3, -0.25) is 9.48 Å². The number of aryl methyl sites for hydroxylation is 1. The molecule has 1 amide bonds. The van der Waals surface area contributed by atoms with E-state index in [0.717, 1.165) is 36.4 Å². The number of carbonyl (C=O) groups excluding carboxylic acids is 1. The molecule has 6 nitrogen and oxygen atoms in total. The van der Waals surface area contributed by atoms with E-state index in [4.69, 9.17) is 4.74 Å². The lowest BCUT2D eigenvalue weighted by molar-refractivity contribution is -0.118. The van der Waals surface area contributed by atoms with E-state index in [2.05, 4.69) is 34.3 Å². The van der Waals surface area contributed by atoms with Crippen LogP contribution in [0.3, 0.4) is 0 Å². The minimum Gasteiger partial charge on any atom is -0.482 e. The van der Waals surface area contributed by atoms with Crippen molar-refractivity contribution in [2.45, 2.75) is 51.7 Å². The molecule has 2 aromatic rings. The number of aromatic nitrogens is 2. The van der Waals surface area contributed by atoms with Gasteiger partial charge in [-0.1, -0.05) is 6.07 Å². The quantitative estimate of drug-likeness (QED) is 0.898. The number of ether oxygens (including phenoxy) is 1. The Morgan fingerprint density at radius 1 is 1.44 bits per heavy atom. The van der Waals surface area contributed by atoms with Crippen molar-refractivity contribution in [3.63, 3.8) is 0 Å². The lowest BCUT2D eigenvalue weighted by Gasteiger charge is -2.27. The second-order valence-corrected chi connectivity index (χ2v) is 7.09. The van der Waals surface area contributed by atoms with Crippen molar-refractivity contribution >= 4 is 11.6 Å². The SMILES string of the molecule is CC(C)n1ncc2c1C(NCc1ccc3c(c1)NC(=O)CO3)CCC2. The summed E-state index contributed by atoms with van der Waals surface area (Å²) in [5, 5.41) is 11.1. The molecule has 2 aliphatic rings. The Balaban J connectivity index is 1.51. The highest BCUT2D eigenvalue weighted by Gasteiger charge is 2.25. The fraction of sp³-hybridized carbons (Fsp3) is 0.474. The maximum atomic E-state index is 11.5. The van der Waals surface area contributed by atoms with Gasteiger partial charge >= 0.3 is 0 Å². The summed E-state index contributed by atoms with van der Waals surface area (Å²) in [7, 11) is 0. The van der Waals surface area contributed by atoms with Crippen LogP contribution in [-0.2, 0) is 17.8 Å². The van der Waals surface area contributed by atoms with Crippen LogP contribution in [0, 0.1) is 0 Å². The van der Waals surface area contributed by atoms with Gasteiger partial charge in [-0.15, -0.1) is 0 Å². The molecule has 1 atom stereocenters. The zero-order chi connectivity index (χ0) is 17.4. The minimum atomic E-state index is -0.102. The van der Waals surface area contributed by atoms with Crippen LogP contribution in [-0.4, -0.2) is 22.3 Å². The lowest BCUT2D eigenvalue weighted by Crippen LogP contribution is -2.28. The van der Waals surface area contributed by atoms with Crippen molar-refractivity contribution in [2.75, 3.05) is 11.9 Å². The Bertz CT molecular complexity index is 797. The van der Waals surface area contributed by atoms with E-state index in [0.29, 0.717) is 12.1 Å². The van der Waals surface area contributed by atoms with Crippen molar-refractivity contribution < 1.29 is 9.53 Å². The summed E-state index contributed by atoms with van der Waals surface area (Å²) in [5.74, 6) is 0.636. The summed E-state index contributed by atoms with van der Waals surface area (Å²) in [4.78, 5) is 11.5. The number of amides is 1. The first-order valence-corrected chi connectivity index (χ1v) is 8.97. The van der Waals surface area contributed by atoms with Gasteiger partial charge in [0, 0.05) is 18.6 Å². The molecule has 2 N–H and O–H groups in total. The number of hydrogen-bond donors (Lipinski definition) is 2. The Labute approximate surface area is 147 Å². The molecule has 0 spiro atoms. The number of rotatable bonds is 4. The van der Waals surface area contributed by atoms with Gasteiger partial charge in [0.15, 0.2) is 6.61 Å². The molecule has 0 saturated heterocycles. The summed E-state index contributed by atoms with van der Waals surface area (Å²) in [6.07, 6.45) is 5.44. The molecule has 1 aliphatic carbocycles. The minimum absolute atomic E-state index is 0.0919. The van der Waals surface area contributed by atoms with Crippen LogP contribution in [0.25, 0.3) is 0 Å². The highest BCUT2D eigenvalue weighted by Crippen LogP contribution is 2.32. The van der Waals surface area contributed by atoms with Gasteiger partial charge in [0.25, 0.3) is 5.91 Å². The van der Waals surface area contributed by atoms with Crippen molar-refractivity contribution in [3.05, 3.63) is 41.2 Å². The van der Waals surface area contributed by atoms with Crippen molar-refractivity contribution in [2.24, 2.45) is 0 Å². The molecule has 1 unspecified atom stereocenters. The first-order valence-electron chi connectivity index (χ1n) is 8.97. The molecule has 0 radical (unpaired) electrons. The van der Waals surface area contributed by atoms with Gasteiger partial charge in [0.1, 0.15) is 5.75 Å². The lowest BCUT2D eigenvalue weighted by atomic mass is 9.93. The molecule has 0 fully saturated rings. The molecule has 1 aromatic carbocycles. The molecule has 4 rings (SSSR count).